The maximum Gasteiger partial charge on any atom is 0.459 e. The van der Waals surface area contributed by atoms with Crippen molar-refractivity contribution in [1.29, 1.82) is 0 Å². The molecule has 158 valence electrons. The molecule has 0 radical (unpaired) electrons. The first-order valence-electron chi connectivity index (χ1n) is 5.90. The van der Waals surface area contributed by atoms with Crippen LogP contribution in [0.4, 0.5) is 70.2 Å². The lowest BCUT2D eigenvalue weighted by Crippen LogP contribution is -2.70. The van der Waals surface area contributed by atoms with Crippen LogP contribution in [0.5, 0.6) is 0 Å². The van der Waals surface area contributed by atoms with Gasteiger partial charge in [-0.3, -0.25) is 0 Å². The fraction of sp³-hybridized carbons (Fsp3) is 1.00. The first kappa shape index (κ1) is 24.9. The number of alkyl halides is 16. The Bertz CT molecular complexity index is 471. The number of hydrogen-bond donors (Lipinski definition) is 0. The third-order valence-corrected chi connectivity index (χ3v) is 3.43. The van der Waals surface area contributed by atoms with Gasteiger partial charge in [0.2, 0.25) is 5.41 Å². The highest BCUT2D eigenvalue weighted by Gasteiger charge is 2.92. The lowest BCUT2D eigenvalue weighted by Gasteiger charge is -2.46. The molecule has 0 aliphatic heterocycles. The van der Waals surface area contributed by atoms with Crippen LogP contribution in [0.15, 0.2) is 0 Å². The van der Waals surface area contributed by atoms with Crippen molar-refractivity contribution < 1.29 is 70.2 Å². The van der Waals surface area contributed by atoms with Gasteiger partial charge in [0.15, 0.2) is 0 Å². The van der Waals surface area contributed by atoms with Gasteiger partial charge in [0.05, 0.1) is 5.92 Å². The van der Waals surface area contributed by atoms with E-state index in [1.54, 1.807) is 0 Å². The second kappa shape index (κ2) is 6.21. The van der Waals surface area contributed by atoms with Crippen LogP contribution in [0.25, 0.3) is 0 Å². The predicted octanol–water partition coefficient (Wildman–Crippen LogP) is 6.52. The summed E-state index contributed by atoms with van der Waals surface area (Å²) in [7, 11) is 0. The van der Waals surface area contributed by atoms with Crippen LogP contribution in [0.1, 0.15) is 13.3 Å². The summed E-state index contributed by atoms with van der Waals surface area (Å²) in [5, 5.41) is 0. The minimum Gasteiger partial charge on any atom is -0.198 e. The molecule has 16 heteroatoms. The number of hydrogen-bond acceptors (Lipinski definition) is 0. The molecule has 0 aromatic rings. The summed E-state index contributed by atoms with van der Waals surface area (Å²) >= 11 is 0. The van der Waals surface area contributed by atoms with Crippen LogP contribution in [-0.2, 0) is 0 Å². The van der Waals surface area contributed by atoms with E-state index in [-0.39, 0.29) is 0 Å². The van der Waals surface area contributed by atoms with Crippen LogP contribution in [0, 0.1) is 11.3 Å². The van der Waals surface area contributed by atoms with Crippen molar-refractivity contribution in [2.24, 2.45) is 11.3 Å². The predicted molar refractivity (Wildman–Crippen MR) is 50.3 cm³/mol. The third kappa shape index (κ3) is 3.64. The molecule has 1 atom stereocenters. The van der Waals surface area contributed by atoms with E-state index in [2.05, 4.69) is 0 Å². The minimum atomic E-state index is -8.05. The number of halogens is 16. The van der Waals surface area contributed by atoms with E-state index >= 15 is 0 Å². The first-order valence-corrected chi connectivity index (χ1v) is 5.90. The topological polar surface area (TPSA) is 0 Å². The summed E-state index contributed by atoms with van der Waals surface area (Å²) in [5.41, 5.74) is -7.33. The van der Waals surface area contributed by atoms with E-state index in [1.165, 1.54) is 0 Å². The van der Waals surface area contributed by atoms with E-state index in [9.17, 15) is 70.2 Å². The molecule has 26 heavy (non-hydrogen) atoms. The molecular formula is C10H6F16. The maximum absolute atomic E-state index is 13.5. The maximum atomic E-state index is 13.5. The van der Waals surface area contributed by atoms with Crippen molar-refractivity contribution in [2.75, 3.05) is 0 Å². The van der Waals surface area contributed by atoms with Gasteiger partial charge in [-0.05, 0) is 6.42 Å². The Hall–Kier alpha value is -1.12. The van der Waals surface area contributed by atoms with Crippen molar-refractivity contribution in [3.8, 4) is 0 Å². The lowest BCUT2D eigenvalue weighted by atomic mass is 9.70. The molecule has 0 bridgehead atoms. The standard InChI is InChI=1S/C10H6F16/c1-3(5(11,12)13)2-4(8(18,19)20,9(21,22)23)6(14,15)7(16,17)10(24,25)26/h3H,2H2,1H3. The molecule has 0 saturated heterocycles. The van der Waals surface area contributed by atoms with Crippen LogP contribution in [0.2, 0.25) is 0 Å². The fourth-order valence-corrected chi connectivity index (χ4v) is 1.90. The van der Waals surface area contributed by atoms with Crippen LogP contribution in [-0.4, -0.2) is 36.6 Å². The van der Waals surface area contributed by atoms with Crippen LogP contribution >= 0.6 is 0 Å². The molecule has 0 aromatic heterocycles. The summed E-state index contributed by atoms with van der Waals surface area (Å²) < 4.78 is 202. The van der Waals surface area contributed by atoms with Gasteiger partial charge in [-0.15, -0.1) is 0 Å². The summed E-state index contributed by atoms with van der Waals surface area (Å²) in [4.78, 5) is 0. The van der Waals surface area contributed by atoms with E-state index < -0.39 is 61.2 Å². The highest BCUT2D eigenvalue weighted by atomic mass is 19.4. The van der Waals surface area contributed by atoms with Crippen LogP contribution in [0.3, 0.4) is 0 Å². The molecule has 0 aliphatic carbocycles. The average Bonchev–Trinajstić information content (AvgIpc) is 2.28. The van der Waals surface area contributed by atoms with Crippen molar-refractivity contribution in [3.63, 3.8) is 0 Å². The highest BCUT2D eigenvalue weighted by molar-refractivity contribution is 5.11. The Balaban J connectivity index is 6.97. The Morgan fingerprint density at radius 2 is 0.808 bits per heavy atom. The molecule has 0 N–H and O–H groups in total. The van der Waals surface area contributed by atoms with E-state index in [0.29, 0.717) is 0 Å². The van der Waals surface area contributed by atoms with Gasteiger partial charge in [0.25, 0.3) is 0 Å². The number of rotatable bonds is 4. The Labute approximate surface area is 133 Å². The van der Waals surface area contributed by atoms with Gasteiger partial charge in [-0.25, -0.2) is 0 Å². The van der Waals surface area contributed by atoms with Gasteiger partial charge >= 0.3 is 36.6 Å². The van der Waals surface area contributed by atoms with E-state index in [4.69, 9.17) is 0 Å². The second-order valence-corrected chi connectivity index (χ2v) is 5.19. The SMILES string of the molecule is CC(CC(C(F)(F)F)(C(F)(F)F)C(F)(F)C(F)(F)C(F)(F)F)C(F)(F)F. The van der Waals surface area contributed by atoms with E-state index in [1.807, 2.05) is 0 Å². The highest BCUT2D eigenvalue weighted by Crippen LogP contribution is 2.68. The zero-order valence-corrected chi connectivity index (χ0v) is 11.8. The van der Waals surface area contributed by atoms with Crippen LogP contribution < -0.4 is 0 Å². The Morgan fingerprint density at radius 3 is 1.00 bits per heavy atom. The molecule has 0 saturated carbocycles. The molecule has 0 aliphatic rings. The smallest absolute Gasteiger partial charge is 0.198 e. The summed E-state index contributed by atoms with van der Waals surface area (Å²) in [6.07, 6.45) is -32.8. The monoisotopic (exact) mass is 430 g/mol. The molecule has 1 unspecified atom stereocenters. The fourth-order valence-electron chi connectivity index (χ4n) is 1.90. The summed E-state index contributed by atoms with van der Waals surface area (Å²) in [6, 6.07) is 0. The first-order chi connectivity index (χ1) is 10.9. The van der Waals surface area contributed by atoms with Gasteiger partial charge in [-0.1, -0.05) is 6.92 Å². The van der Waals surface area contributed by atoms with Crippen molar-refractivity contribution in [3.05, 3.63) is 0 Å². The average molecular weight is 430 g/mol. The molecular weight excluding hydrogens is 424 g/mol. The molecule has 0 heterocycles. The summed E-state index contributed by atoms with van der Waals surface area (Å²) in [5.74, 6) is -20.0. The molecule has 0 nitrogen and oxygen atoms in total. The lowest BCUT2D eigenvalue weighted by molar-refractivity contribution is -0.465. The zero-order valence-electron chi connectivity index (χ0n) is 11.8. The largest absolute Gasteiger partial charge is 0.459 e. The van der Waals surface area contributed by atoms with Gasteiger partial charge in [-0.2, -0.15) is 70.2 Å². The third-order valence-electron chi connectivity index (χ3n) is 3.43. The Kier molecular flexibility index (Phi) is 5.94. The van der Waals surface area contributed by atoms with E-state index in [0.717, 1.165) is 0 Å². The minimum absolute atomic E-state index is 0.506. The quantitative estimate of drug-likeness (QED) is 0.446. The van der Waals surface area contributed by atoms with Gasteiger partial charge in [0.1, 0.15) is 0 Å². The Morgan fingerprint density at radius 1 is 0.500 bits per heavy atom. The zero-order chi connectivity index (χ0) is 21.8. The summed E-state index contributed by atoms with van der Waals surface area (Å²) in [6.45, 7) is -0.506. The van der Waals surface area contributed by atoms with Gasteiger partial charge < -0.3 is 0 Å². The van der Waals surface area contributed by atoms with Crippen molar-refractivity contribution in [1.82, 2.24) is 0 Å². The van der Waals surface area contributed by atoms with Crippen molar-refractivity contribution >= 4 is 0 Å². The molecule has 0 fully saturated rings. The second-order valence-electron chi connectivity index (χ2n) is 5.19. The molecule has 0 rings (SSSR count). The molecule has 0 spiro atoms. The molecule has 0 amide bonds. The van der Waals surface area contributed by atoms with Gasteiger partial charge in [0, 0.05) is 0 Å². The van der Waals surface area contributed by atoms with Crippen molar-refractivity contribution in [2.45, 2.75) is 49.9 Å². The molecule has 0 aromatic carbocycles. The normalized spacial score (nSPS) is 17.4.